The van der Waals surface area contributed by atoms with Crippen LogP contribution < -0.4 is 10.1 Å². The van der Waals surface area contributed by atoms with Gasteiger partial charge in [0.25, 0.3) is 5.91 Å². The Hall–Kier alpha value is -2.60. The molecule has 0 saturated heterocycles. The number of nitrogens with one attached hydrogen (secondary N) is 1. The van der Waals surface area contributed by atoms with E-state index in [1.54, 1.807) is 0 Å². The molecule has 0 heterocycles. The van der Waals surface area contributed by atoms with Crippen LogP contribution in [0.3, 0.4) is 0 Å². The number of para-hydroxylation sites is 1. The molecule has 7 heteroatoms. The minimum atomic E-state index is -1.03. The summed E-state index contributed by atoms with van der Waals surface area (Å²) in [7, 11) is 0. The van der Waals surface area contributed by atoms with E-state index in [0.29, 0.717) is 5.75 Å². The molecule has 2 aromatic rings. The highest BCUT2D eigenvalue weighted by Gasteiger charge is 2.19. The molecule has 0 aromatic heterocycles. The topological polar surface area (TPSA) is 64.6 Å². The molecule has 26 heavy (non-hydrogen) atoms. The molecule has 0 aliphatic heterocycles. The van der Waals surface area contributed by atoms with Gasteiger partial charge >= 0.3 is 5.97 Å². The standard InChI is InChI=1S/C19H19ClFNO4/c1-12-5-3-4-6-17(12)25-10-9-18(23)26-13(2)19(24)22-16-8-7-14(21)11-15(16)20/h3-8,11,13H,9-10H2,1-2H3,(H,22,24)/t13-/m1/s1. The van der Waals surface area contributed by atoms with Gasteiger partial charge in [-0.2, -0.15) is 0 Å². The van der Waals surface area contributed by atoms with E-state index >= 15 is 0 Å². The second-order valence-corrected chi connectivity index (χ2v) is 6.02. The summed E-state index contributed by atoms with van der Waals surface area (Å²) in [5, 5.41) is 2.54. The van der Waals surface area contributed by atoms with Gasteiger partial charge in [0, 0.05) is 0 Å². The molecule has 5 nitrogen and oxygen atoms in total. The van der Waals surface area contributed by atoms with Gasteiger partial charge in [-0.05, 0) is 43.7 Å². The van der Waals surface area contributed by atoms with E-state index < -0.39 is 23.8 Å². The third-order valence-corrected chi connectivity index (χ3v) is 3.84. The maximum Gasteiger partial charge on any atom is 0.310 e. The molecule has 138 valence electrons. The van der Waals surface area contributed by atoms with Crippen molar-refractivity contribution >= 4 is 29.2 Å². The smallest absolute Gasteiger partial charge is 0.310 e. The summed E-state index contributed by atoms with van der Waals surface area (Å²) in [6.45, 7) is 3.48. The molecule has 2 aromatic carbocycles. The molecule has 0 aliphatic carbocycles. The fourth-order valence-corrected chi connectivity index (χ4v) is 2.31. The highest BCUT2D eigenvalue weighted by atomic mass is 35.5. The number of halogens is 2. The Balaban J connectivity index is 1.78. The number of carbonyl (C=O) groups is 2. The molecule has 0 spiro atoms. The van der Waals surface area contributed by atoms with E-state index in [1.807, 2.05) is 31.2 Å². The number of esters is 1. The van der Waals surface area contributed by atoms with Gasteiger partial charge in [0.05, 0.1) is 23.7 Å². The van der Waals surface area contributed by atoms with Crippen molar-refractivity contribution in [2.45, 2.75) is 26.4 Å². The Morgan fingerprint density at radius 1 is 1.23 bits per heavy atom. The quantitative estimate of drug-likeness (QED) is 0.735. The average Bonchev–Trinajstić information content (AvgIpc) is 2.59. The number of rotatable bonds is 7. The SMILES string of the molecule is Cc1ccccc1OCCC(=O)O[C@H](C)C(=O)Nc1ccc(F)cc1Cl. The largest absolute Gasteiger partial charge is 0.493 e. The molecule has 0 bridgehead atoms. The zero-order valence-electron chi connectivity index (χ0n) is 14.4. The van der Waals surface area contributed by atoms with E-state index in [4.69, 9.17) is 21.1 Å². The minimum absolute atomic E-state index is 0.00323. The summed E-state index contributed by atoms with van der Waals surface area (Å²) < 4.78 is 23.6. The molecule has 0 radical (unpaired) electrons. The Bertz CT molecular complexity index is 797. The maximum atomic E-state index is 13.0. The van der Waals surface area contributed by atoms with Crippen LogP contribution >= 0.6 is 11.6 Å². The molecule has 1 atom stereocenters. The number of amides is 1. The first-order chi connectivity index (χ1) is 12.4. The van der Waals surface area contributed by atoms with Gasteiger partial charge < -0.3 is 14.8 Å². The van der Waals surface area contributed by atoms with Gasteiger partial charge in [0.1, 0.15) is 11.6 Å². The van der Waals surface area contributed by atoms with Crippen LogP contribution in [0.5, 0.6) is 5.75 Å². The van der Waals surface area contributed by atoms with Crippen molar-refractivity contribution in [1.29, 1.82) is 0 Å². The first-order valence-corrected chi connectivity index (χ1v) is 8.38. The molecule has 0 saturated carbocycles. The number of benzene rings is 2. The van der Waals surface area contributed by atoms with Crippen molar-refractivity contribution in [2.24, 2.45) is 0 Å². The number of ether oxygens (including phenoxy) is 2. The first kappa shape index (κ1) is 19.7. The second-order valence-electron chi connectivity index (χ2n) is 5.61. The Labute approximate surface area is 156 Å². The second kappa shape index (κ2) is 9.20. The van der Waals surface area contributed by atoms with E-state index in [9.17, 15) is 14.0 Å². The molecular weight excluding hydrogens is 361 g/mol. The van der Waals surface area contributed by atoms with Crippen LogP contribution in [0.4, 0.5) is 10.1 Å². The number of aryl methyl sites for hydroxylation is 1. The number of anilines is 1. The fourth-order valence-electron chi connectivity index (χ4n) is 2.10. The van der Waals surface area contributed by atoms with Gasteiger partial charge in [-0.1, -0.05) is 29.8 Å². The summed E-state index contributed by atoms with van der Waals surface area (Å²) in [5.41, 5.74) is 1.20. The van der Waals surface area contributed by atoms with Gasteiger partial charge in [-0.25, -0.2) is 4.39 Å². The van der Waals surface area contributed by atoms with Crippen LogP contribution in [0.25, 0.3) is 0 Å². The predicted molar refractivity (Wildman–Crippen MR) is 96.9 cm³/mol. The molecule has 2 rings (SSSR count). The number of hydrogen-bond acceptors (Lipinski definition) is 4. The summed E-state index contributed by atoms with van der Waals surface area (Å²) in [5.74, 6) is -0.948. The monoisotopic (exact) mass is 379 g/mol. The van der Waals surface area contributed by atoms with E-state index in [2.05, 4.69) is 5.32 Å². The van der Waals surface area contributed by atoms with Crippen molar-refractivity contribution in [3.05, 3.63) is 58.9 Å². The highest BCUT2D eigenvalue weighted by Crippen LogP contribution is 2.22. The van der Waals surface area contributed by atoms with Crippen LogP contribution in [0.2, 0.25) is 5.02 Å². The van der Waals surface area contributed by atoms with Crippen molar-refractivity contribution < 1.29 is 23.5 Å². The van der Waals surface area contributed by atoms with Gasteiger partial charge in [0.15, 0.2) is 6.10 Å². The molecule has 0 aliphatic rings. The van der Waals surface area contributed by atoms with Gasteiger partial charge in [-0.3, -0.25) is 9.59 Å². The van der Waals surface area contributed by atoms with Crippen LogP contribution in [0.1, 0.15) is 18.9 Å². The Morgan fingerprint density at radius 3 is 2.65 bits per heavy atom. The fraction of sp³-hybridized carbons (Fsp3) is 0.263. The lowest BCUT2D eigenvalue weighted by Crippen LogP contribution is -2.30. The molecular formula is C19H19ClFNO4. The Morgan fingerprint density at radius 2 is 1.96 bits per heavy atom. The van der Waals surface area contributed by atoms with Crippen LogP contribution in [0, 0.1) is 12.7 Å². The normalized spacial score (nSPS) is 11.5. The zero-order chi connectivity index (χ0) is 19.1. The highest BCUT2D eigenvalue weighted by molar-refractivity contribution is 6.33. The summed E-state index contributed by atoms with van der Waals surface area (Å²) in [4.78, 5) is 23.9. The van der Waals surface area contributed by atoms with E-state index in [0.717, 1.165) is 11.6 Å². The zero-order valence-corrected chi connectivity index (χ0v) is 15.2. The first-order valence-electron chi connectivity index (χ1n) is 8.00. The van der Waals surface area contributed by atoms with E-state index in [-0.39, 0.29) is 23.7 Å². The van der Waals surface area contributed by atoms with Gasteiger partial charge in [0.2, 0.25) is 0 Å². The van der Waals surface area contributed by atoms with E-state index in [1.165, 1.54) is 19.1 Å². The summed E-state index contributed by atoms with van der Waals surface area (Å²) in [6.07, 6.45) is -1.02. The lowest BCUT2D eigenvalue weighted by molar-refractivity contribution is -0.153. The van der Waals surface area contributed by atoms with Gasteiger partial charge in [-0.15, -0.1) is 0 Å². The summed E-state index contributed by atoms with van der Waals surface area (Å²) in [6, 6.07) is 11.0. The van der Waals surface area contributed by atoms with Crippen LogP contribution in [-0.2, 0) is 14.3 Å². The molecule has 0 unspecified atom stereocenters. The minimum Gasteiger partial charge on any atom is -0.493 e. The summed E-state index contributed by atoms with van der Waals surface area (Å²) >= 11 is 5.84. The van der Waals surface area contributed by atoms with Crippen molar-refractivity contribution in [3.63, 3.8) is 0 Å². The van der Waals surface area contributed by atoms with Crippen molar-refractivity contribution in [1.82, 2.24) is 0 Å². The van der Waals surface area contributed by atoms with Crippen LogP contribution in [-0.4, -0.2) is 24.6 Å². The Kier molecular flexibility index (Phi) is 6.97. The average molecular weight is 380 g/mol. The lowest BCUT2D eigenvalue weighted by Gasteiger charge is -2.14. The third kappa shape index (κ3) is 5.74. The van der Waals surface area contributed by atoms with Crippen molar-refractivity contribution in [3.8, 4) is 5.75 Å². The van der Waals surface area contributed by atoms with Crippen LogP contribution in [0.15, 0.2) is 42.5 Å². The predicted octanol–water partition coefficient (Wildman–Crippen LogP) is 4.13. The molecule has 1 N–H and O–H groups in total. The third-order valence-electron chi connectivity index (χ3n) is 3.52. The molecule has 1 amide bonds. The maximum absolute atomic E-state index is 13.0. The lowest BCUT2D eigenvalue weighted by atomic mass is 10.2. The molecule has 0 fully saturated rings. The number of carbonyl (C=O) groups excluding carboxylic acids is 2. The number of hydrogen-bond donors (Lipinski definition) is 1. The van der Waals surface area contributed by atoms with Crippen molar-refractivity contribution in [2.75, 3.05) is 11.9 Å².